The van der Waals surface area contributed by atoms with E-state index in [2.05, 4.69) is 44.1 Å². The maximum absolute atomic E-state index is 13.3. The van der Waals surface area contributed by atoms with Gasteiger partial charge < -0.3 is 61.0 Å². The number of amides is 5. The van der Waals surface area contributed by atoms with Gasteiger partial charge in [-0.15, -0.1) is 0 Å². The summed E-state index contributed by atoms with van der Waals surface area (Å²) < 4.78 is 17.8. The van der Waals surface area contributed by atoms with Crippen LogP contribution in [0.2, 0.25) is 0 Å². The Morgan fingerprint density at radius 1 is 0.350 bits per heavy atom. The van der Waals surface area contributed by atoms with Crippen LogP contribution in [0.5, 0.6) is 0 Å². The van der Waals surface area contributed by atoms with Gasteiger partial charge in [0, 0.05) is 71.1 Å². The Bertz CT molecular complexity index is 1230. The molecule has 5 amide bonds. The first-order valence-corrected chi connectivity index (χ1v) is 32.3. The molecule has 0 aliphatic heterocycles. The molecule has 17 nitrogen and oxygen atoms in total. The van der Waals surface area contributed by atoms with E-state index in [1.165, 1.54) is 57.8 Å². The summed E-state index contributed by atoms with van der Waals surface area (Å²) in [5, 5.41) is 20.9. The molecule has 0 radical (unpaired) electrons. The van der Waals surface area contributed by atoms with Crippen molar-refractivity contribution in [2.75, 3.05) is 93.0 Å². The first-order chi connectivity index (χ1) is 39.0. The Hall–Kier alpha value is -3.51. The molecule has 0 fully saturated rings. The molecular weight excluding hydrogens is 1010 g/mol. The average molecular weight is 1150 g/mol. The van der Waals surface area contributed by atoms with E-state index in [0.29, 0.717) is 51.9 Å². The molecule has 0 aromatic carbocycles. The van der Waals surface area contributed by atoms with E-state index in [-0.39, 0.29) is 88.4 Å². The zero-order valence-electron chi connectivity index (χ0n) is 55.3. The fourth-order valence-corrected chi connectivity index (χ4v) is 6.73. The largest absolute Gasteiger partial charge is 0.378 e. The predicted molar refractivity (Wildman–Crippen MR) is 339 cm³/mol. The number of ether oxygens (including phenoxy) is 3. The predicted octanol–water partition coefficient (Wildman–Crippen LogP) is 11.9. The van der Waals surface area contributed by atoms with Crippen LogP contribution in [0.15, 0.2) is 0 Å². The van der Waals surface area contributed by atoms with Crippen molar-refractivity contribution in [1.29, 1.82) is 0 Å². The summed E-state index contributed by atoms with van der Waals surface area (Å²) in [4.78, 5) is 81.5. The van der Waals surface area contributed by atoms with E-state index in [1.54, 1.807) is 0 Å². The first-order valence-electron chi connectivity index (χ1n) is 32.3. The zero-order valence-corrected chi connectivity index (χ0v) is 55.3. The highest BCUT2D eigenvalue weighted by atomic mass is 16.5. The van der Waals surface area contributed by atoms with Crippen LogP contribution in [0.25, 0.3) is 0 Å². The van der Waals surface area contributed by atoms with E-state index in [1.807, 2.05) is 104 Å². The van der Waals surface area contributed by atoms with Crippen LogP contribution >= 0.6 is 0 Å². The molecule has 0 spiro atoms. The third kappa shape index (κ3) is 85.8. The lowest BCUT2D eigenvalue weighted by Crippen LogP contribution is -2.58. The van der Waals surface area contributed by atoms with Crippen molar-refractivity contribution in [2.24, 2.45) is 0 Å². The van der Waals surface area contributed by atoms with Crippen molar-refractivity contribution in [2.45, 2.75) is 276 Å². The number of aldehydes is 2. The molecule has 7 N–H and O–H groups in total. The summed E-state index contributed by atoms with van der Waals surface area (Å²) in [7, 11) is 4.00. The van der Waals surface area contributed by atoms with Crippen LogP contribution in [0.4, 0.5) is 0 Å². The molecule has 0 rings (SSSR count). The zero-order chi connectivity index (χ0) is 62.4. The van der Waals surface area contributed by atoms with Gasteiger partial charge in [0.1, 0.15) is 18.1 Å². The molecule has 0 aliphatic carbocycles. The molecule has 0 saturated carbocycles. The SMILES string of the molecule is CC.CC.CC.CC.CC.CCCC=O.CCCCCCCCCCCC(=O)NC(COCCC=O)(COCCC(=O)NCCCCCNC(=O)CC)COCCC(=O)NCCCCCNC(=O)CCC.CNCCCCCNC. The molecule has 0 heterocycles. The van der Waals surface area contributed by atoms with Gasteiger partial charge in [0.2, 0.25) is 29.5 Å². The van der Waals surface area contributed by atoms with Crippen molar-refractivity contribution >= 4 is 42.1 Å². The fraction of sp³-hybridized carbons (Fsp3) is 0.889. The van der Waals surface area contributed by atoms with Gasteiger partial charge in [-0.2, -0.15) is 0 Å². The van der Waals surface area contributed by atoms with Crippen molar-refractivity contribution < 1.29 is 47.8 Å². The highest BCUT2D eigenvalue weighted by Crippen LogP contribution is 2.14. The number of hydrogen-bond donors (Lipinski definition) is 7. The molecule has 0 saturated heterocycles. The Kier molecular flexibility index (Phi) is 104. The van der Waals surface area contributed by atoms with Crippen LogP contribution in [-0.4, -0.2) is 141 Å². The molecule has 1 atom stereocenters. The van der Waals surface area contributed by atoms with Crippen LogP contribution in [-0.2, 0) is 47.8 Å². The number of hydrogen-bond acceptors (Lipinski definition) is 12. The molecule has 0 aromatic heterocycles. The average Bonchev–Trinajstić information content (AvgIpc) is 3.48. The normalized spacial score (nSPS) is 10.4. The lowest BCUT2D eigenvalue weighted by atomic mass is 10.0. The molecule has 17 heteroatoms. The highest BCUT2D eigenvalue weighted by molar-refractivity contribution is 5.77. The maximum Gasteiger partial charge on any atom is 0.222 e. The van der Waals surface area contributed by atoms with Gasteiger partial charge >= 0.3 is 0 Å². The van der Waals surface area contributed by atoms with Crippen LogP contribution in [0, 0.1) is 0 Å². The Morgan fingerprint density at radius 2 is 0.688 bits per heavy atom. The molecule has 1 unspecified atom stereocenters. The summed E-state index contributed by atoms with van der Waals surface area (Å²) >= 11 is 0. The minimum Gasteiger partial charge on any atom is -0.378 e. The van der Waals surface area contributed by atoms with E-state index in [0.717, 1.165) is 96.3 Å². The van der Waals surface area contributed by atoms with Crippen molar-refractivity contribution in [3.63, 3.8) is 0 Å². The lowest BCUT2D eigenvalue weighted by Gasteiger charge is -2.34. The number of carbonyl (C=O) groups is 7. The summed E-state index contributed by atoms with van der Waals surface area (Å²) in [6.07, 6.45) is 25.3. The highest BCUT2D eigenvalue weighted by Gasteiger charge is 2.34. The van der Waals surface area contributed by atoms with E-state index in [4.69, 9.17) is 14.2 Å². The summed E-state index contributed by atoms with van der Waals surface area (Å²) in [5.41, 5.74) is -1.09. The second kappa shape index (κ2) is 89.3. The summed E-state index contributed by atoms with van der Waals surface area (Å²) in [6.45, 7) is 33.1. The number of unbranched alkanes of at least 4 members (excludes halogenated alkanes) is 15. The molecule has 0 aliphatic rings. The van der Waals surface area contributed by atoms with Gasteiger partial charge in [-0.05, 0) is 97.8 Å². The van der Waals surface area contributed by atoms with Crippen LogP contribution in [0.3, 0.4) is 0 Å². The van der Waals surface area contributed by atoms with Gasteiger partial charge in [-0.25, -0.2) is 0 Å². The Labute approximate surface area is 494 Å². The van der Waals surface area contributed by atoms with Crippen molar-refractivity contribution in [3.05, 3.63) is 0 Å². The van der Waals surface area contributed by atoms with Gasteiger partial charge in [-0.3, -0.25) is 24.0 Å². The minimum absolute atomic E-state index is 0.0133. The molecule has 0 bridgehead atoms. The van der Waals surface area contributed by atoms with Gasteiger partial charge in [0.05, 0.1) is 39.6 Å². The van der Waals surface area contributed by atoms with Gasteiger partial charge in [-0.1, -0.05) is 155 Å². The molecular formula is C63H135N7O10. The van der Waals surface area contributed by atoms with Crippen LogP contribution < -0.4 is 37.2 Å². The fourth-order valence-electron chi connectivity index (χ4n) is 6.73. The second-order valence-electron chi connectivity index (χ2n) is 17.9. The number of nitrogens with one attached hydrogen (secondary N) is 7. The van der Waals surface area contributed by atoms with Crippen LogP contribution in [0.1, 0.15) is 270 Å². The number of rotatable bonds is 49. The maximum atomic E-state index is 13.3. The van der Waals surface area contributed by atoms with E-state index < -0.39 is 5.54 Å². The second-order valence-corrected chi connectivity index (χ2v) is 17.9. The van der Waals surface area contributed by atoms with Gasteiger partial charge in [0.25, 0.3) is 0 Å². The molecule has 482 valence electrons. The minimum atomic E-state index is -1.09. The Balaban J connectivity index is -0.000000303. The van der Waals surface area contributed by atoms with Crippen molar-refractivity contribution in [3.8, 4) is 0 Å². The number of carbonyl (C=O) groups excluding carboxylic acids is 7. The standard InChI is InChI=1S/C42H79N5O9.C7H18N2.C4H8O.5C2H6/c1-4-7-8-9-10-11-12-13-16-23-41(53)47-42(34-54-31-21-30-48,35-55-32-24-39(51)45-28-19-14-17-26-43-37(49)6-3)36-56-33-25-40(52)46-29-20-15-18-27-44-38(50)22-5-2;1-8-6-4-3-5-7-9-2;1-2-3-4-5;5*1-2/h30H,4-29,31-36H2,1-3H3,(H,43,49)(H,44,50)(H,45,51)(H,46,52)(H,47,53);8-9H,3-7H2,1-2H3;4H,2-3H2,1H3;5*1-2H3. The lowest BCUT2D eigenvalue weighted by molar-refractivity contribution is -0.130. The summed E-state index contributed by atoms with van der Waals surface area (Å²) in [5.74, 6) is -0.345. The smallest absolute Gasteiger partial charge is 0.222 e. The van der Waals surface area contributed by atoms with Crippen molar-refractivity contribution in [1.82, 2.24) is 37.2 Å². The quantitative estimate of drug-likeness (QED) is 0.0223. The van der Waals surface area contributed by atoms with Gasteiger partial charge in [0.15, 0.2) is 0 Å². The van der Waals surface area contributed by atoms with E-state index >= 15 is 0 Å². The Morgan fingerprint density at radius 3 is 1.02 bits per heavy atom. The molecule has 0 aromatic rings. The topological polar surface area (TPSA) is 231 Å². The monoisotopic (exact) mass is 1150 g/mol. The summed E-state index contributed by atoms with van der Waals surface area (Å²) in [6, 6.07) is 0. The van der Waals surface area contributed by atoms with E-state index in [9.17, 15) is 33.6 Å². The third-order valence-corrected chi connectivity index (χ3v) is 10.9. The molecule has 80 heavy (non-hydrogen) atoms. The third-order valence-electron chi connectivity index (χ3n) is 10.9. The first kappa shape index (κ1) is 92.9.